The highest BCUT2D eigenvalue weighted by atomic mass is 33.1. The molecular weight excluding hydrogens is 246 g/mol. The number of rotatable bonds is 10. The Balaban J connectivity index is 3.81. The van der Waals surface area contributed by atoms with E-state index in [-0.39, 0.29) is 11.7 Å². The number of hydrogen-bond acceptors (Lipinski definition) is 2. The van der Waals surface area contributed by atoms with Crippen LogP contribution in [0.3, 0.4) is 0 Å². The van der Waals surface area contributed by atoms with Crippen LogP contribution < -0.4 is 0 Å². The van der Waals surface area contributed by atoms with Gasteiger partial charge in [0.05, 0.1) is 0 Å². The summed E-state index contributed by atoms with van der Waals surface area (Å²) < 4.78 is 24.8. The summed E-state index contributed by atoms with van der Waals surface area (Å²) in [5.74, 6) is 0.406. The monoisotopic (exact) mass is 270 g/mol. The summed E-state index contributed by atoms with van der Waals surface area (Å²) in [4.78, 5) is 0. The summed E-state index contributed by atoms with van der Waals surface area (Å²) in [5, 5.41) is 0.108. The predicted octanol–water partition coefficient (Wildman–Crippen LogP) is 5.63. The van der Waals surface area contributed by atoms with E-state index in [1.807, 2.05) is 6.26 Å². The zero-order chi connectivity index (χ0) is 12.4. The fraction of sp³-hybridized carbons (Fsp3) is 1.00. The van der Waals surface area contributed by atoms with Gasteiger partial charge in [0, 0.05) is 11.7 Å². The second kappa shape index (κ2) is 10.7. The number of alkyl halides is 2. The normalized spacial score (nSPS) is 15.4. The summed E-state index contributed by atoms with van der Waals surface area (Å²) in [6, 6.07) is 0. The van der Waals surface area contributed by atoms with E-state index in [1.165, 1.54) is 25.7 Å². The van der Waals surface area contributed by atoms with Gasteiger partial charge >= 0.3 is 0 Å². The lowest BCUT2D eigenvalue weighted by atomic mass is 9.97. The smallest absolute Gasteiger partial charge is 0.210 e. The molecule has 0 aliphatic carbocycles. The molecule has 1 unspecified atom stereocenters. The van der Waals surface area contributed by atoms with E-state index in [0.29, 0.717) is 5.92 Å². The van der Waals surface area contributed by atoms with Crippen LogP contribution in [0.25, 0.3) is 0 Å². The topological polar surface area (TPSA) is 0 Å². The maximum Gasteiger partial charge on any atom is 0.239 e. The zero-order valence-electron chi connectivity index (χ0n) is 10.5. The molecule has 0 saturated heterocycles. The average molecular weight is 270 g/mol. The van der Waals surface area contributed by atoms with Gasteiger partial charge in [0.15, 0.2) is 0 Å². The fourth-order valence-corrected chi connectivity index (χ4v) is 4.09. The molecule has 0 spiro atoms. The molecule has 0 aromatic carbocycles. The first-order valence-electron chi connectivity index (χ1n) is 6.09. The number of halogens is 2. The van der Waals surface area contributed by atoms with Gasteiger partial charge in [0.25, 0.3) is 0 Å². The van der Waals surface area contributed by atoms with Crippen molar-refractivity contribution < 1.29 is 8.78 Å². The van der Waals surface area contributed by atoms with Crippen molar-refractivity contribution in [1.29, 1.82) is 0 Å². The highest BCUT2D eigenvalue weighted by molar-refractivity contribution is 8.76. The molecule has 0 amide bonds. The van der Waals surface area contributed by atoms with Crippen molar-refractivity contribution in [2.45, 2.75) is 64.0 Å². The van der Waals surface area contributed by atoms with E-state index in [0.717, 1.165) is 6.42 Å². The van der Waals surface area contributed by atoms with Crippen LogP contribution in [0, 0.1) is 5.92 Å². The highest BCUT2D eigenvalue weighted by Crippen LogP contribution is 2.35. The SMILES string of the molecule is CCCCCCC(C)[C@H](CC(F)F)SSC. The van der Waals surface area contributed by atoms with Crippen molar-refractivity contribution in [3.63, 3.8) is 0 Å². The maximum atomic E-state index is 12.4. The maximum absolute atomic E-state index is 12.4. The van der Waals surface area contributed by atoms with Crippen LogP contribution in [0.5, 0.6) is 0 Å². The Morgan fingerprint density at radius 1 is 1.12 bits per heavy atom. The molecule has 0 heterocycles. The summed E-state index contributed by atoms with van der Waals surface area (Å²) in [6.07, 6.45) is 5.85. The van der Waals surface area contributed by atoms with Crippen molar-refractivity contribution >= 4 is 21.6 Å². The van der Waals surface area contributed by atoms with E-state index in [9.17, 15) is 8.78 Å². The lowest BCUT2D eigenvalue weighted by molar-refractivity contribution is 0.130. The van der Waals surface area contributed by atoms with Crippen LogP contribution in [-0.2, 0) is 0 Å². The molecule has 0 radical (unpaired) electrons. The highest BCUT2D eigenvalue weighted by Gasteiger charge is 2.21. The quantitative estimate of drug-likeness (QED) is 0.373. The van der Waals surface area contributed by atoms with Gasteiger partial charge in [0.1, 0.15) is 0 Å². The molecule has 0 N–H and O–H groups in total. The van der Waals surface area contributed by atoms with E-state index < -0.39 is 6.43 Å². The van der Waals surface area contributed by atoms with Crippen LogP contribution in [0.2, 0.25) is 0 Å². The van der Waals surface area contributed by atoms with Crippen LogP contribution in [0.1, 0.15) is 52.4 Å². The number of hydrogen-bond donors (Lipinski definition) is 0. The minimum Gasteiger partial charge on any atom is -0.210 e. The molecule has 98 valence electrons. The predicted molar refractivity (Wildman–Crippen MR) is 73.4 cm³/mol. The van der Waals surface area contributed by atoms with Gasteiger partial charge in [-0.25, -0.2) is 8.78 Å². The minimum atomic E-state index is -2.16. The fourth-order valence-electron chi connectivity index (χ4n) is 1.74. The molecule has 0 aliphatic rings. The van der Waals surface area contributed by atoms with Crippen LogP contribution in [0.15, 0.2) is 0 Å². The summed E-state index contributed by atoms with van der Waals surface area (Å²) in [7, 11) is 3.22. The minimum absolute atomic E-state index is 0.0421. The molecule has 0 aliphatic heterocycles. The van der Waals surface area contributed by atoms with Crippen LogP contribution in [-0.4, -0.2) is 17.9 Å². The van der Waals surface area contributed by atoms with E-state index in [4.69, 9.17) is 0 Å². The van der Waals surface area contributed by atoms with Gasteiger partial charge in [-0.3, -0.25) is 0 Å². The van der Waals surface area contributed by atoms with Crippen molar-refractivity contribution in [2.75, 3.05) is 6.26 Å². The molecule has 2 atom stereocenters. The Morgan fingerprint density at radius 3 is 2.31 bits per heavy atom. The third kappa shape index (κ3) is 8.68. The molecule has 0 aromatic rings. The lowest BCUT2D eigenvalue weighted by Gasteiger charge is -2.22. The molecule has 0 rings (SSSR count). The Bertz CT molecular complexity index is 154. The molecule has 0 saturated carbocycles. The van der Waals surface area contributed by atoms with E-state index in [2.05, 4.69) is 13.8 Å². The third-order valence-electron chi connectivity index (χ3n) is 2.78. The van der Waals surface area contributed by atoms with Crippen molar-refractivity contribution in [3.05, 3.63) is 0 Å². The van der Waals surface area contributed by atoms with Gasteiger partial charge < -0.3 is 0 Å². The van der Waals surface area contributed by atoms with Gasteiger partial charge in [-0.05, 0) is 18.6 Å². The van der Waals surface area contributed by atoms with Crippen molar-refractivity contribution in [3.8, 4) is 0 Å². The second-order valence-electron chi connectivity index (χ2n) is 4.25. The molecule has 0 nitrogen and oxygen atoms in total. The molecule has 0 aromatic heterocycles. The van der Waals surface area contributed by atoms with E-state index >= 15 is 0 Å². The average Bonchev–Trinajstić information content (AvgIpc) is 2.23. The molecular formula is C12H24F2S2. The molecule has 0 fully saturated rings. The Morgan fingerprint density at radius 2 is 1.81 bits per heavy atom. The molecule has 0 bridgehead atoms. The van der Waals surface area contributed by atoms with Gasteiger partial charge in [-0.2, -0.15) is 0 Å². The van der Waals surface area contributed by atoms with Gasteiger partial charge in [-0.1, -0.05) is 61.1 Å². The Kier molecular flexibility index (Phi) is 11.1. The third-order valence-corrected chi connectivity index (χ3v) is 5.19. The summed E-state index contributed by atoms with van der Waals surface area (Å²) in [5.41, 5.74) is 0. The van der Waals surface area contributed by atoms with Crippen molar-refractivity contribution in [2.24, 2.45) is 5.92 Å². The Hall–Kier alpha value is 0.560. The summed E-state index contributed by atoms with van der Waals surface area (Å²) >= 11 is 0. The van der Waals surface area contributed by atoms with Gasteiger partial charge in [0.2, 0.25) is 6.43 Å². The molecule has 16 heavy (non-hydrogen) atoms. The van der Waals surface area contributed by atoms with Crippen LogP contribution in [0.4, 0.5) is 8.78 Å². The van der Waals surface area contributed by atoms with E-state index in [1.54, 1.807) is 21.6 Å². The first-order valence-corrected chi connectivity index (χ1v) is 8.71. The summed E-state index contributed by atoms with van der Waals surface area (Å²) in [6.45, 7) is 4.30. The Labute approximate surface area is 107 Å². The first-order chi connectivity index (χ1) is 7.61. The zero-order valence-corrected chi connectivity index (χ0v) is 12.2. The number of unbranched alkanes of at least 4 members (excludes halogenated alkanes) is 3. The standard InChI is InChI=1S/C12H24F2S2/c1-4-5-6-7-8-10(2)11(16-15-3)9-12(13)14/h10-12H,4-9H2,1-3H3/t10?,11-/m0/s1. The van der Waals surface area contributed by atoms with Crippen LogP contribution >= 0.6 is 21.6 Å². The first kappa shape index (κ1) is 16.6. The second-order valence-corrected chi connectivity index (χ2v) is 6.96. The molecule has 4 heteroatoms. The van der Waals surface area contributed by atoms with Gasteiger partial charge in [-0.15, -0.1) is 0 Å². The largest absolute Gasteiger partial charge is 0.239 e. The lowest BCUT2D eigenvalue weighted by Crippen LogP contribution is -2.17. The van der Waals surface area contributed by atoms with Crippen molar-refractivity contribution in [1.82, 2.24) is 0 Å².